The van der Waals surface area contributed by atoms with E-state index in [0.717, 1.165) is 25.9 Å². The zero-order chi connectivity index (χ0) is 13.7. The third-order valence-electron chi connectivity index (χ3n) is 3.30. The summed E-state index contributed by atoms with van der Waals surface area (Å²) in [5.74, 6) is 0.807. The number of rotatable bonds is 4. The zero-order valence-corrected chi connectivity index (χ0v) is 12.0. The molecule has 0 aromatic heterocycles. The number of carbonyl (C=O) groups excluding carboxylic acids is 2. The largest absolute Gasteiger partial charge is 0.353 e. The highest BCUT2D eigenvalue weighted by Crippen LogP contribution is 2.14. The first-order valence-electron chi connectivity index (χ1n) is 6.98. The topological polar surface area (TPSA) is 49.4 Å². The van der Waals surface area contributed by atoms with E-state index in [1.807, 2.05) is 18.7 Å². The Morgan fingerprint density at radius 2 is 1.72 bits per heavy atom. The van der Waals surface area contributed by atoms with Gasteiger partial charge in [-0.05, 0) is 18.8 Å². The first kappa shape index (κ1) is 15.0. The van der Waals surface area contributed by atoms with Gasteiger partial charge < -0.3 is 10.2 Å². The number of nitrogens with one attached hydrogen (secondary N) is 1. The molecule has 1 fully saturated rings. The fourth-order valence-electron chi connectivity index (χ4n) is 2.12. The fraction of sp³-hybridized carbons (Fsp3) is 0.857. The molecular weight excluding hydrogens is 228 g/mol. The Labute approximate surface area is 110 Å². The highest BCUT2D eigenvalue weighted by Gasteiger charge is 2.24. The van der Waals surface area contributed by atoms with E-state index >= 15 is 0 Å². The van der Waals surface area contributed by atoms with Gasteiger partial charge in [0.1, 0.15) is 0 Å². The van der Waals surface area contributed by atoms with Gasteiger partial charge in [-0.1, -0.05) is 27.7 Å². The van der Waals surface area contributed by atoms with Crippen molar-refractivity contribution in [3.8, 4) is 0 Å². The summed E-state index contributed by atoms with van der Waals surface area (Å²) in [6.45, 7) is 9.47. The van der Waals surface area contributed by atoms with Gasteiger partial charge in [-0.15, -0.1) is 0 Å². The van der Waals surface area contributed by atoms with Gasteiger partial charge in [0.05, 0.1) is 0 Å². The van der Waals surface area contributed by atoms with Gasteiger partial charge in [0.15, 0.2) is 0 Å². The van der Waals surface area contributed by atoms with Gasteiger partial charge in [-0.2, -0.15) is 0 Å². The first-order valence-corrected chi connectivity index (χ1v) is 6.98. The number of nitrogens with zero attached hydrogens (tertiary/aromatic N) is 1. The molecule has 0 unspecified atom stereocenters. The molecule has 0 saturated carbocycles. The quantitative estimate of drug-likeness (QED) is 0.831. The number of amides is 2. The molecule has 4 heteroatoms. The van der Waals surface area contributed by atoms with E-state index in [9.17, 15) is 9.59 Å². The molecule has 2 amide bonds. The van der Waals surface area contributed by atoms with E-state index in [2.05, 4.69) is 19.2 Å². The third kappa shape index (κ3) is 4.67. The number of likely N-dealkylation sites (tertiary alicyclic amines) is 1. The number of piperidine rings is 1. The van der Waals surface area contributed by atoms with Crippen LogP contribution < -0.4 is 5.32 Å². The van der Waals surface area contributed by atoms with E-state index in [1.165, 1.54) is 0 Å². The van der Waals surface area contributed by atoms with Crippen LogP contribution in [0.5, 0.6) is 0 Å². The van der Waals surface area contributed by atoms with Crippen LogP contribution in [-0.2, 0) is 9.59 Å². The summed E-state index contributed by atoms with van der Waals surface area (Å²) >= 11 is 0. The molecule has 18 heavy (non-hydrogen) atoms. The van der Waals surface area contributed by atoms with Crippen LogP contribution in [0.2, 0.25) is 0 Å². The SMILES string of the molecule is CC(C)CC(=O)N1CCC(NC(=O)C(C)C)CC1. The van der Waals surface area contributed by atoms with Crippen LogP contribution in [-0.4, -0.2) is 35.8 Å². The Hall–Kier alpha value is -1.06. The maximum Gasteiger partial charge on any atom is 0.222 e. The van der Waals surface area contributed by atoms with Crippen molar-refractivity contribution in [3.63, 3.8) is 0 Å². The summed E-state index contributed by atoms with van der Waals surface area (Å²) < 4.78 is 0. The second-order valence-corrected chi connectivity index (χ2v) is 5.92. The van der Waals surface area contributed by atoms with Crippen molar-refractivity contribution >= 4 is 11.8 Å². The van der Waals surface area contributed by atoms with E-state index in [0.29, 0.717) is 12.3 Å². The van der Waals surface area contributed by atoms with Crippen molar-refractivity contribution in [3.05, 3.63) is 0 Å². The van der Waals surface area contributed by atoms with Crippen LogP contribution in [0.15, 0.2) is 0 Å². The lowest BCUT2D eigenvalue weighted by Crippen LogP contribution is -2.47. The third-order valence-corrected chi connectivity index (χ3v) is 3.30. The monoisotopic (exact) mass is 254 g/mol. The summed E-state index contributed by atoms with van der Waals surface area (Å²) in [6.07, 6.45) is 2.38. The van der Waals surface area contributed by atoms with Crippen molar-refractivity contribution in [2.45, 2.75) is 53.0 Å². The van der Waals surface area contributed by atoms with Gasteiger partial charge in [0.25, 0.3) is 0 Å². The van der Waals surface area contributed by atoms with Gasteiger partial charge >= 0.3 is 0 Å². The minimum absolute atomic E-state index is 0.0330. The lowest BCUT2D eigenvalue weighted by Gasteiger charge is -2.33. The Morgan fingerprint density at radius 1 is 1.17 bits per heavy atom. The highest BCUT2D eigenvalue weighted by molar-refractivity contribution is 5.78. The summed E-state index contributed by atoms with van der Waals surface area (Å²) in [5.41, 5.74) is 0. The van der Waals surface area contributed by atoms with Crippen molar-refractivity contribution in [2.24, 2.45) is 11.8 Å². The highest BCUT2D eigenvalue weighted by atomic mass is 16.2. The van der Waals surface area contributed by atoms with Gasteiger partial charge in [-0.3, -0.25) is 9.59 Å². The average Bonchev–Trinajstić information content (AvgIpc) is 2.28. The molecule has 1 saturated heterocycles. The maximum absolute atomic E-state index is 11.9. The van der Waals surface area contributed by atoms with Crippen molar-refractivity contribution in [1.29, 1.82) is 0 Å². The minimum Gasteiger partial charge on any atom is -0.353 e. The summed E-state index contributed by atoms with van der Waals surface area (Å²) in [6, 6.07) is 0.239. The van der Waals surface area contributed by atoms with Crippen LogP contribution in [0.25, 0.3) is 0 Å². The molecule has 0 spiro atoms. The van der Waals surface area contributed by atoms with Crippen LogP contribution >= 0.6 is 0 Å². The Kier molecular flexibility index (Phi) is 5.63. The molecule has 0 atom stereocenters. The van der Waals surface area contributed by atoms with Crippen LogP contribution in [0.1, 0.15) is 47.0 Å². The zero-order valence-electron chi connectivity index (χ0n) is 12.0. The normalized spacial score (nSPS) is 17.3. The Morgan fingerprint density at radius 3 is 2.17 bits per heavy atom. The fourth-order valence-corrected chi connectivity index (χ4v) is 2.12. The summed E-state index contributed by atoms with van der Waals surface area (Å²) in [4.78, 5) is 25.4. The standard InChI is InChI=1S/C14H26N2O2/c1-10(2)9-13(17)16-7-5-12(6-8-16)15-14(18)11(3)4/h10-12H,5-9H2,1-4H3,(H,15,18). The molecule has 1 heterocycles. The van der Waals surface area contributed by atoms with Gasteiger partial charge in [-0.25, -0.2) is 0 Å². The smallest absolute Gasteiger partial charge is 0.222 e. The lowest BCUT2D eigenvalue weighted by molar-refractivity contribution is -0.133. The summed E-state index contributed by atoms with van der Waals surface area (Å²) in [5, 5.41) is 3.04. The van der Waals surface area contributed by atoms with Crippen LogP contribution in [0.4, 0.5) is 0 Å². The molecule has 0 aliphatic carbocycles. The molecule has 1 aliphatic rings. The Balaban J connectivity index is 2.32. The molecule has 4 nitrogen and oxygen atoms in total. The second-order valence-electron chi connectivity index (χ2n) is 5.92. The summed E-state index contributed by atoms with van der Waals surface area (Å²) in [7, 11) is 0. The van der Waals surface area contributed by atoms with Crippen molar-refractivity contribution < 1.29 is 9.59 Å². The molecule has 104 valence electrons. The van der Waals surface area contributed by atoms with Gasteiger partial charge in [0.2, 0.25) is 11.8 Å². The van der Waals surface area contributed by atoms with E-state index in [1.54, 1.807) is 0 Å². The molecule has 0 aromatic rings. The predicted molar refractivity (Wildman–Crippen MR) is 72.0 cm³/mol. The number of hydrogen-bond donors (Lipinski definition) is 1. The molecule has 1 N–H and O–H groups in total. The van der Waals surface area contributed by atoms with E-state index in [-0.39, 0.29) is 23.8 Å². The molecule has 0 aromatic carbocycles. The van der Waals surface area contributed by atoms with Crippen molar-refractivity contribution in [1.82, 2.24) is 10.2 Å². The maximum atomic E-state index is 11.9. The van der Waals surface area contributed by atoms with Crippen LogP contribution in [0, 0.1) is 11.8 Å². The first-order chi connectivity index (χ1) is 8.40. The molecular formula is C14H26N2O2. The Bertz CT molecular complexity index is 292. The van der Waals surface area contributed by atoms with Gasteiger partial charge in [0, 0.05) is 31.5 Å². The molecule has 0 bridgehead atoms. The predicted octanol–water partition coefficient (Wildman–Crippen LogP) is 1.80. The lowest BCUT2D eigenvalue weighted by atomic mass is 10.0. The number of carbonyl (C=O) groups is 2. The second kappa shape index (κ2) is 6.76. The van der Waals surface area contributed by atoms with Crippen LogP contribution in [0.3, 0.4) is 0 Å². The number of hydrogen-bond acceptors (Lipinski definition) is 2. The molecule has 1 aliphatic heterocycles. The minimum atomic E-state index is 0.0330. The van der Waals surface area contributed by atoms with E-state index < -0.39 is 0 Å². The van der Waals surface area contributed by atoms with Crippen molar-refractivity contribution in [2.75, 3.05) is 13.1 Å². The average molecular weight is 254 g/mol. The molecule has 1 rings (SSSR count). The molecule has 0 radical (unpaired) electrons. The van der Waals surface area contributed by atoms with E-state index in [4.69, 9.17) is 0 Å².